The van der Waals surface area contributed by atoms with Crippen molar-refractivity contribution in [2.75, 3.05) is 6.54 Å². The van der Waals surface area contributed by atoms with Crippen LogP contribution in [0.2, 0.25) is 0 Å². The first-order valence-corrected chi connectivity index (χ1v) is 6.86. The molecule has 3 rings (SSSR count). The molecule has 92 valence electrons. The van der Waals surface area contributed by atoms with E-state index in [1.807, 2.05) is 0 Å². The van der Waals surface area contributed by atoms with Crippen molar-refractivity contribution in [2.24, 2.45) is 11.7 Å². The second-order valence-electron chi connectivity index (χ2n) is 5.62. The predicted molar refractivity (Wildman–Crippen MR) is 70.6 cm³/mol. The first kappa shape index (κ1) is 11.2. The summed E-state index contributed by atoms with van der Waals surface area (Å²) in [6.07, 6.45) is 5.40. The van der Waals surface area contributed by atoms with Gasteiger partial charge in [-0.05, 0) is 43.7 Å². The van der Waals surface area contributed by atoms with Crippen molar-refractivity contribution in [3.05, 3.63) is 35.9 Å². The molecular formula is C15H22N2. The van der Waals surface area contributed by atoms with E-state index in [9.17, 15) is 0 Å². The van der Waals surface area contributed by atoms with Crippen LogP contribution in [-0.2, 0) is 6.54 Å². The van der Waals surface area contributed by atoms with Gasteiger partial charge < -0.3 is 5.73 Å². The zero-order valence-electron chi connectivity index (χ0n) is 10.4. The van der Waals surface area contributed by atoms with Crippen LogP contribution in [0.5, 0.6) is 0 Å². The zero-order chi connectivity index (χ0) is 11.7. The largest absolute Gasteiger partial charge is 0.330 e. The lowest BCUT2D eigenvalue weighted by atomic mass is 9.90. The third-order valence-corrected chi connectivity index (χ3v) is 4.52. The van der Waals surface area contributed by atoms with E-state index in [1.165, 1.54) is 31.2 Å². The van der Waals surface area contributed by atoms with Crippen molar-refractivity contribution < 1.29 is 0 Å². The molecule has 2 bridgehead atoms. The van der Waals surface area contributed by atoms with Gasteiger partial charge in [0.2, 0.25) is 0 Å². The van der Waals surface area contributed by atoms with Crippen molar-refractivity contribution >= 4 is 0 Å². The van der Waals surface area contributed by atoms with E-state index in [0.29, 0.717) is 0 Å². The van der Waals surface area contributed by atoms with Gasteiger partial charge in [0.15, 0.2) is 0 Å². The molecular weight excluding hydrogens is 208 g/mol. The lowest BCUT2D eigenvalue weighted by Crippen LogP contribution is -2.43. The van der Waals surface area contributed by atoms with Gasteiger partial charge in [-0.15, -0.1) is 0 Å². The molecule has 0 saturated carbocycles. The van der Waals surface area contributed by atoms with Gasteiger partial charge in [0.1, 0.15) is 0 Å². The van der Waals surface area contributed by atoms with E-state index < -0.39 is 0 Å². The Balaban J connectivity index is 1.69. The minimum atomic E-state index is 0.777. The first-order valence-electron chi connectivity index (χ1n) is 6.86. The molecule has 2 nitrogen and oxygen atoms in total. The fourth-order valence-corrected chi connectivity index (χ4v) is 3.63. The Morgan fingerprint density at radius 2 is 1.71 bits per heavy atom. The molecule has 2 heteroatoms. The molecule has 2 saturated heterocycles. The summed E-state index contributed by atoms with van der Waals surface area (Å²) in [5.41, 5.74) is 7.29. The monoisotopic (exact) mass is 230 g/mol. The fraction of sp³-hybridized carbons (Fsp3) is 0.600. The minimum Gasteiger partial charge on any atom is -0.330 e. The number of nitrogens with two attached hydrogens (primary N) is 1. The molecule has 2 atom stereocenters. The molecule has 2 aliphatic rings. The normalized spacial score (nSPS) is 32.9. The van der Waals surface area contributed by atoms with Crippen molar-refractivity contribution in [1.82, 2.24) is 4.90 Å². The van der Waals surface area contributed by atoms with Crippen LogP contribution in [0.1, 0.15) is 31.2 Å². The van der Waals surface area contributed by atoms with Crippen LogP contribution in [0.4, 0.5) is 0 Å². The SMILES string of the molecule is NCC1C[C@@H]2CC[C@@H](C1)N2Cc1ccccc1. The lowest BCUT2D eigenvalue weighted by molar-refractivity contribution is 0.0988. The summed E-state index contributed by atoms with van der Waals surface area (Å²) in [7, 11) is 0. The van der Waals surface area contributed by atoms with E-state index in [2.05, 4.69) is 35.2 Å². The van der Waals surface area contributed by atoms with Crippen molar-refractivity contribution in [3.63, 3.8) is 0 Å². The third kappa shape index (κ3) is 2.24. The molecule has 0 aliphatic carbocycles. The maximum absolute atomic E-state index is 5.83. The van der Waals surface area contributed by atoms with Crippen molar-refractivity contribution in [3.8, 4) is 0 Å². The van der Waals surface area contributed by atoms with E-state index in [4.69, 9.17) is 5.73 Å². The summed E-state index contributed by atoms with van der Waals surface area (Å²) < 4.78 is 0. The van der Waals surface area contributed by atoms with E-state index in [0.717, 1.165) is 31.1 Å². The quantitative estimate of drug-likeness (QED) is 0.864. The average Bonchev–Trinajstić information content (AvgIpc) is 2.63. The molecule has 0 unspecified atom stereocenters. The van der Waals surface area contributed by atoms with Crippen molar-refractivity contribution in [2.45, 2.75) is 44.3 Å². The lowest BCUT2D eigenvalue weighted by Gasteiger charge is -2.38. The molecule has 2 fully saturated rings. The van der Waals surface area contributed by atoms with Gasteiger partial charge in [0.25, 0.3) is 0 Å². The number of benzene rings is 1. The van der Waals surface area contributed by atoms with Gasteiger partial charge in [-0.25, -0.2) is 0 Å². The van der Waals surface area contributed by atoms with E-state index >= 15 is 0 Å². The van der Waals surface area contributed by atoms with Gasteiger partial charge in [0, 0.05) is 18.6 Å². The van der Waals surface area contributed by atoms with Gasteiger partial charge in [-0.3, -0.25) is 4.90 Å². The number of hydrogen-bond donors (Lipinski definition) is 1. The number of fused-ring (bicyclic) bond motifs is 2. The number of nitrogens with zero attached hydrogens (tertiary/aromatic N) is 1. The third-order valence-electron chi connectivity index (χ3n) is 4.52. The van der Waals surface area contributed by atoms with Crippen LogP contribution < -0.4 is 5.73 Å². The first-order chi connectivity index (χ1) is 8.36. The Bertz CT molecular complexity index is 348. The Morgan fingerprint density at radius 3 is 2.29 bits per heavy atom. The molecule has 17 heavy (non-hydrogen) atoms. The van der Waals surface area contributed by atoms with Crippen LogP contribution >= 0.6 is 0 Å². The van der Waals surface area contributed by atoms with Crippen LogP contribution in [0.25, 0.3) is 0 Å². The molecule has 2 heterocycles. The highest BCUT2D eigenvalue weighted by molar-refractivity contribution is 5.15. The van der Waals surface area contributed by atoms with Gasteiger partial charge >= 0.3 is 0 Å². The van der Waals surface area contributed by atoms with E-state index in [-0.39, 0.29) is 0 Å². The summed E-state index contributed by atoms with van der Waals surface area (Å²) in [5.74, 6) is 0.777. The number of piperidine rings is 1. The molecule has 2 N–H and O–H groups in total. The van der Waals surface area contributed by atoms with Crippen LogP contribution in [0, 0.1) is 5.92 Å². The van der Waals surface area contributed by atoms with Gasteiger partial charge in [-0.1, -0.05) is 30.3 Å². The molecule has 1 aromatic carbocycles. The maximum Gasteiger partial charge on any atom is 0.0239 e. The standard InChI is InChI=1S/C15H22N2/c16-10-13-8-14-6-7-15(9-13)17(14)11-12-4-2-1-3-5-12/h1-5,13-15H,6-11,16H2/t14-,15-/m0/s1. The Labute approximate surface area is 104 Å². The summed E-state index contributed by atoms with van der Waals surface area (Å²) in [5, 5.41) is 0. The zero-order valence-corrected chi connectivity index (χ0v) is 10.4. The van der Waals surface area contributed by atoms with Crippen LogP contribution in [0.15, 0.2) is 30.3 Å². The maximum atomic E-state index is 5.83. The van der Waals surface area contributed by atoms with Crippen LogP contribution in [-0.4, -0.2) is 23.5 Å². The number of rotatable bonds is 3. The fourth-order valence-electron chi connectivity index (χ4n) is 3.63. The summed E-state index contributed by atoms with van der Waals surface area (Å²) in [6, 6.07) is 12.5. The smallest absolute Gasteiger partial charge is 0.0239 e. The Morgan fingerprint density at radius 1 is 1.06 bits per heavy atom. The number of hydrogen-bond acceptors (Lipinski definition) is 2. The van der Waals surface area contributed by atoms with E-state index in [1.54, 1.807) is 0 Å². The highest BCUT2D eigenvalue weighted by Gasteiger charge is 2.39. The Kier molecular flexibility index (Phi) is 3.17. The topological polar surface area (TPSA) is 29.3 Å². The van der Waals surface area contributed by atoms with Crippen molar-refractivity contribution in [1.29, 1.82) is 0 Å². The molecule has 1 aromatic rings. The summed E-state index contributed by atoms with van der Waals surface area (Å²) in [6.45, 7) is 2.01. The predicted octanol–water partition coefficient (Wildman–Crippen LogP) is 2.39. The molecule has 0 radical (unpaired) electrons. The molecule has 0 spiro atoms. The molecule has 0 aromatic heterocycles. The second kappa shape index (κ2) is 4.79. The van der Waals surface area contributed by atoms with Crippen LogP contribution in [0.3, 0.4) is 0 Å². The summed E-state index contributed by atoms with van der Waals surface area (Å²) in [4.78, 5) is 2.72. The van der Waals surface area contributed by atoms with Gasteiger partial charge in [0.05, 0.1) is 0 Å². The average molecular weight is 230 g/mol. The highest BCUT2D eigenvalue weighted by atomic mass is 15.2. The molecule has 2 aliphatic heterocycles. The molecule has 0 amide bonds. The highest BCUT2D eigenvalue weighted by Crippen LogP contribution is 2.39. The minimum absolute atomic E-state index is 0.777. The van der Waals surface area contributed by atoms with Gasteiger partial charge in [-0.2, -0.15) is 0 Å². The second-order valence-corrected chi connectivity index (χ2v) is 5.62. The Hall–Kier alpha value is -0.860. The summed E-state index contributed by atoms with van der Waals surface area (Å²) >= 11 is 0.